The van der Waals surface area contributed by atoms with Gasteiger partial charge >= 0.3 is 5.97 Å². The van der Waals surface area contributed by atoms with E-state index in [1.54, 1.807) is 0 Å². The van der Waals surface area contributed by atoms with Crippen molar-refractivity contribution in [3.05, 3.63) is 101 Å². The van der Waals surface area contributed by atoms with Crippen molar-refractivity contribution in [3.8, 4) is 22.5 Å². The lowest BCUT2D eigenvalue weighted by Crippen LogP contribution is -2.19. The molecule has 0 radical (unpaired) electrons. The molecule has 2 fully saturated rings. The summed E-state index contributed by atoms with van der Waals surface area (Å²) in [6.45, 7) is 1.97. The van der Waals surface area contributed by atoms with E-state index >= 15 is 0 Å². The van der Waals surface area contributed by atoms with Gasteiger partial charge in [-0.25, -0.2) is 0 Å². The van der Waals surface area contributed by atoms with Crippen LogP contribution in [0.25, 0.3) is 22.5 Å². The van der Waals surface area contributed by atoms with E-state index in [2.05, 4.69) is 41.6 Å². The zero-order valence-corrected chi connectivity index (χ0v) is 19.6. The third-order valence-electron chi connectivity index (χ3n) is 7.41. The first-order chi connectivity index (χ1) is 17.0. The van der Waals surface area contributed by atoms with Crippen molar-refractivity contribution in [1.82, 2.24) is 5.16 Å². The summed E-state index contributed by atoms with van der Waals surface area (Å²) in [4.78, 5) is 11.6. The van der Waals surface area contributed by atoms with Crippen molar-refractivity contribution in [2.45, 2.75) is 50.2 Å². The molecule has 1 saturated carbocycles. The summed E-state index contributed by atoms with van der Waals surface area (Å²) in [7, 11) is 0. The van der Waals surface area contributed by atoms with E-state index in [9.17, 15) is 9.90 Å². The fraction of sp³-hybridized carbons (Fsp3) is 0.267. The maximum atomic E-state index is 11.6. The van der Waals surface area contributed by atoms with Gasteiger partial charge in [-0.3, -0.25) is 4.79 Å². The number of carboxylic acids is 1. The molecule has 1 aliphatic heterocycles. The molecule has 1 aromatic heterocycles. The van der Waals surface area contributed by atoms with Gasteiger partial charge in [0, 0.05) is 5.56 Å². The van der Waals surface area contributed by atoms with Crippen LogP contribution in [0.4, 0.5) is 0 Å². The number of carboxylic acid groups (broad SMARTS) is 1. The van der Waals surface area contributed by atoms with E-state index in [0.717, 1.165) is 52.1 Å². The van der Waals surface area contributed by atoms with Gasteiger partial charge in [-0.2, -0.15) is 0 Å². The van der Waals surface area contributed by atoms with Crippen molar-refractivity contribution in [2.24, 2.45) is 0 Å². The van der Waals surface area contributed by atoms with Gasteiger partial charge in [0.25, 0.3) is 0 Å². The predicted octanol–water partition coefficient (Wildman–Crippen LogP) is 6.51. The summed E-state index contributed by atoms with van der Waals surface area (Å²) >= 11 is 0. The van der Waals surface area contributed by atoms with E-state index in [4.69, 9.17) is 9.26 Å². The molecule has 176 valence electrons. The van der Waals surface area contributed by atoms with Crippen LogP contribution in [-0.4, -0.2) is 22.3 Å². The average Bonchev–Trinajstić information content (AvgIpc) is 3.81. The lowest BCUT2D eigenvalue weighted by atomic mass is 9.93. The number of carbonyl (C=O) groups is 1. The molecule has 5 nitrogen and oxygen atoms in total. The molecule has 4 aromatic rings. The van der Waals surface area contributed by atoms with Crippen molar-refractivity contribution >= 4 is 5.97 Å². The number of epoxide rings is 1. The second-order valence-electron chi connectivity index (χ2n) is 9.67. The molecule has 6 rings (SSSR count). The Kier molecular flexibility index (Phi) is 5.30. The summed E-state index contributed by atoms with van der Waals surface area (Å²) in [5.74, 6) is 0.0449. The molecule has 5 heteroatoms. The normalized spacial score (nSPS) is 19.9. The van der Waals surface area contributed by atoms with Crippen LogP contribution in [0.3, 0.4) is 0 Å². The van der Waals surface area contributed by atoms with Crippen LogP contribution in [0.2, 0.25) is 0 Å². The van der Waals surface area contributed by atoms with Crippen LogP contribution < -0.4 is 0 Å². The van der Waals surface area contributed by atoms with Gasteiger partial charge in [-0.05, 0) is 54.9 Å². The third-order valence-corrected chi connectivity index (χ3v) is 7.41. The highest BCUT2D eigenvalue weighted by Crippen LogP contribution is 2.49. The summed E-state index contributed by atoms with van der Waals surface area (Å²) in [6, 6.07) is 26.6. The molecular weight excluding hydrogens is 438 g/mol. The minimum atomic E-state index is -0.727. The summed E-state index contributed by atoms with van der Waals surface area (Å²) in [6.07, 6.45) is 3.60. The average molecular weight is 466 g/mol. The van der Waals surface area contributed by atoms with E-state index < -0.39 is 11.4 Å². The second-order valence-corrected chi connectivity index (χ2v) is 9.67. The Balaban J connectivity index is 1.17. The molecule has 1 N–H and O–H groups in total. The van der Waals surface area contributed by atoms with Crippen molar-refractivity contribution in [2.75, 3.05) is 0 Å². The molecule has 0 spiro atoms. The van der Waals surface area contributed by atoms with Crippen molar-refractivity contribution in [1.29, 1.82) is 0 Å². The Morgan fingerprint density at radius 2 is 1.57 bits per heavy atom. The second kappa shape index (κ2) is 8.51. The number of hydrogen-bond acceptors (Lipinski definition) is 4. The Morgan fingerprint density at radius 1 is 0.943 bits per heavy atom. The lowest BCUT2D eigenvalue weighted by Gasteiger charge is -2.11. The molecule has 2 unspecified atom stereocenters. The van der Waals surface area contributed by atoms with Crippen LogP contribution in [0.1, 0.15) is 47.8 Å². The highest BCUT2D eigenvalue weighted by atomic mass is 16.6. The highest BCUT2D eigenvalue weighted by Gasteiger charge is 2.51. The monoisotopic (exact) mass is 465 g/mol. The Morgan fingerprint density at radius 3 is 2.20 bits per heavy atom. The number of ether oxygens (including phenoxy) is 1. The van der Waals surface area contributed by atoms with E-state index in [-0.39, 0.29) is 12.2 Å². The quantitative estimate of drug-likeness (QED) is 0.300. The molecular formula is C30H27NO4. The zero-order chi connectivity index (χ0) is 24.0. The van der Waals surface area contributed by atoms with E-state index in [1.165, 1.54) is 5.56 Å². The van der Waals surface area contributed by atoms with E-state index in [0.29, 0.717) is 12.8 Å². The van der Waals surface area contributed by atoms with Gasteiger partial charge in [0.1, 0.15) is 6.10 Å². The maximum Gasteiger partial charge on any atom is 0.314 e. The first kappa shape index (κ1) is 21.8. The molecule has 0 bridgehead atoms. The summed E-state index contributed by atoms with van der Waals surface area (Å²) in [5, 5.41) is 13.8. The van der Waals surface area contributed by atoms with Crippen LogP contribution in [0.15, 0.2) is 83.4 Å². The SMILES string of the molecule is Cc1noc(-c2ccc(-c3ccc(C4(C(=O)O)CC4)cc3)cc2)c1C1OC1CCc1ccccc1. The van der Waals surface area contributed by atoms with Crippen molar-refractivity contribution in [3.63, 3.8) is 0 Å². The summed E-state index contributed by atoms with van der Waals surface area (Å²) in [5.41, 5.74) is 6.56. The number of aliphatic carboxylic acids is 1. The number of aryl methyl sites for hydroxylation is 2. The fourth-order valence-electron chi connectivity index (χ4n) is 5.04. The third kappa shape index (κ3) is 4.06. The molecule has 2 heterocycles. The predicted molar refractivity (Wildman–Crippen MR) is 133 cm³/mol. The van der Waals surface area contributed by atoms with Gasteiger partial charge in [0.2, 0.25) is 0 Å². The zero-order valence-electron chi connectivity index (χ0n) is 19.6. The van der Waals surface area contributed by atoms with Crippen LogP contribution in [-0.2, 0) is 21.4 Å². The Hall–Kier alpha value is -3.70. The molecule has 35 heavy (non-hydrogen) atoms. The standard InChI is InChI=1S/C30H27NO4/c1-19-26(28-25(34-28)16-7-20-5-3-2-4-6-20)27(35-31-19)23-10-8-21(9-11-23)22-12-14-24(15-13-22)30(17-18-30)29(32)33/h2-6,8-15,25,28H,7,16-18H2,1H3,(H,32,33). The topological polar surface area (TPSA) is 75.9 Å². The first-order valence-corrected chi connectivity index (χ1v) is 12.2. The fourth-order valence-corrected chi connectivity index (χ4v) is 5.04. The number of aromatic nitrogens is 1. The number of nitrogens with zero attached hydrogens (tertiary/aromatic N) is 1. The van der Waals surface area contributed by atoms with Gasteiger partial charge in [-0.1, -0.05) is 84.0 Å². The molecule has 2 atom stereocenters. The molecule has 3 aromatic carbocycles. The van der Waals surface area contributed by atoms with Gasteiger partial charge in [0.05, 0.1) is 22.8 Å². The lowest BCUT2D eigenvalue weighted by molar-refractivity contribution is -0.140. The van der Waals surface area contributed by atoms with Crippen LogP contribution in [0.5, 0.6) is 0 Å². The molecule has 1 aliphatic carbocycles. The molecule has 2 aliphatic rings. The number of rotatable bonds is 8. The smallest absolute Gasteiger partial charge is 0.314 e. The Labute approximate surface area is 204 Å². The molecule has 0 amide bonds. The highest BCUT2D eigenvalue weighted by molar-refractivity contribution is 5.85. The largest absolute Gasteiger partial charge is 0.481 e. The van der Waals surface area contributed by atoms with Crippen LogP contribution in [0, 0.1) is 6.92 Å². The first-order valence-electron chi connectivity index (χ1n) is 12.2. The number of hydrogen-bond donors (Lipinski definition) is 1. The number of benzene rings is 3. The maximum absolute atomic E-state index is 11.6. The van der Waals surface area contributed by atoms with Crippen LogP contribution >= 0.6 is 0 Å². The van der Waals surface area contributed by atoms with E-state index in [1.807, 2.05) is 49.4 Å². The van der Waals surface area contributed by atoms with Gasteiger partial charge in [-0.15, -0.1) is 0 Å². The van der Waals surface area contributed by atoms with Gasteiger partial charge < -0.3 is 14.4 Å². The van der Waals surface area contributed by atoms with Gasteiger partial charge in [0.15, 0.2) is 5.76 Å². The van der Waals surface area contributed by atoms with Crippen molar-refractivity contribution < 1.29 is 19.2 Å². The molecule has 1 saturated heterocycles. The minimum Gasteiger partial charge on any atom is -0.481 e. The Bertz CT molecular complexity index is 1350. The minimum absolute atomic E-state index is 0.0242. The summed E-state index contributed by atoms with van der Waals surface area (Å²) < 4.78 is 11.8.